The number of methoxy groups -OCH3 is 1. The highest BCUT2D eigenvalue weighted by Crippen LogP contribution is 2.30. The maximum atomic E-state index is 11.8. The van der Waals surface area contributed by atoms with E-state index in [0.717, 1.165) is 5.56 Å². The van der Waals surface area contributed by atoms with Crippen LogP contribution in [0.25, 0.3) is 11.3 Å². The normalized spacial score (nSPS) is 10.9. The Labute approximate surface area is 128 Å². The van der Waals surface area contributed by atoms with E-state index in [1.165, 1.54) is 0 Å². The van der Waals surface area contributed by atoms with E-state index in [0.29, 0.717) is 34.6 Å². The van der Waals surface area contributed by atoms with Crippen LogP contribution in [0.3, 0.4) is 0 Å². The fourth-order valence-electron chi connectivity index (χ4n) is 1.91. The summed E-state index contributed by atoms with van der Waals surface area (Å²) in [4.78, 5) is 11.8. The molecule has 5 nitrogen and oxygen atoms in total. The lowest BCUT2D eigenvalue weighted by molar-refractivity contribution is 0.416. The predicted molar refractivity (Wildman–Crippen MR) is 83.8 cm³/mol. The highest BCUT2D eigenvalue weighted by Gasteiger charge is 2.11. The second-order valence-electron chi connectivity index (χ2n) is 4.99. The molecule has 1 aromatic carbocycles. The fourth-order valence-corrected chi connectivity index (χ4v) is 2.08. The SMILES string of the molecule is COc1ccc(Cl)cc1-c1cc(CNC(C)C)c(=O)[nH]n1. The van der Waals surface area contributed by atoms with Gasteiger partial charge >= 0.3 is 0 Å². The molecule has 0 aliphatic carbocycles. The van der Waals surface area contributed by atoms with Gasteiger partial charge in [-0.15, -0.1) is 0 Å². The van der Waals surface area contributed by atoms with Crippen molar-refractivity contribution in [2.75, 3.05) is 7.11 Å². The Balaban J connectivity index is 2.43. The molecule has 0 radical (unpaired) electrons. The van der Waals surface area contributed by atoms with E-state index in [4.69, 9.17) is 16.3 Å². The lowest BCUT2D eigenvalue weighted by atomic mass is 10.1. The number of nitrogens with one attached hydrogen (secondary N) is 2. The summed E-state index contributed by atoms with van der Waals surface area (Å²) in [6.07, 6.45) is 0. The number of benzene rings is 1. The van der Waals surface area contributed by atoms with Gasteiger partial charge in [0.05, 0.1) is 12.8 Å². The Bertz CT molecular complexity index is 683. The number of aromatic nitrogens is 2. The maximum absolute atomic E-state index is 11.8. The average Bonchev–Trinajstić information content (AvgIpc) is 2.46. The van der Waals surface area contributed by atoms with Gasteiger partial charge in [-0.1, -0.05) is 25.4 Å². The fraction of sp³-hybridized carbons (Fsp3) is 0.333. The van der Waals surface area contributed by atoms with Crippen molar-refractivity contribution in [1.29, 1.82) is 0 Å². The van der Waals surface area contributed by atoms with Crippen molar-refractivity contribution in [1.82, 2.24) is 15.5 Å². The van der Waals surface area contributed by atoms with E-state index in [1.807, 2.05) is 13.8 Å². The van der Waals surface area contributed by atoms with Gasteiger partial charge in [0, 0.05) is 28.7 Å². The van der Waals surface area contributed by atoms with Crippen LogP contribution in [0.4, 0.5) is 0 Å². The molecule has 0 unspecified atom stereocenters. The van der Waals surface area contributed by atoms with Crippen LogP contribution < -0.4 is 15.6 Å². The number of rotatable bonds is 5. The largest absolute Gasteiger partial charge is 0.496 e. The highest BCUT2D eigenvalue weighted by molar-refractivity contribution is 6.30. The third kappa shape index (κ3) is 3.83. The van der Waals surface area contributed by atoms with Crippen molar-refractivity contribution in [3.63, 3.8) is 0 Å². The van der Waals surface area contributed by atoms with Crippen LogP contribution in [0.5, 0.6) is 5.75 Å². The number of hydrogen-bond donors (Lipinski definition) is 2. The lowest BCUT2D eigenvalue weighted by Crippen LogP contribution is -2.26. The number of halogens is 1. The molecule has 2 rings (SSSR count). The summed E-state index contributed by atoms with van der Waals surface area (Å²) in [5, 5.41) is 10.4. The first-order valence-corrected chi connectivity index (χ1v) is 7.05. The topological polar surface area (TPSA) is 67.0 Å². The Hall–Kier alpha value is -1.85. The second-order valence-corrected chi connectivity index (χ2v) is 5.42. The molecule has 6 heteroatoms. The van der Waals surface area contributed by atoms with Crippen LogP contribution in [0, 0.1) is 0 Å². The van der Waals surface area contributed by atoms with E-state index < -0.39 is 0 Å². The van der Waals surface area contributed by atoms with Gasteiger partial charge in [0.15, 0.2) is 0 Å². The molecule has 21 heavy (non-hydrogen) atoms. The Kier molecular flexibility index (Phi) is 4.98. The quantitative estimate of drug-likeness (QED) is 0.891. The van der Waals surface area contributed by atoms with Gasteiger partial charge in [0.25, 0.3) is 5.56 Å². The van der Waals surface area contributed by atoms with Crippen LogP contribution in [-0.2, 0) is 6.54 Å². The summed E-state index contributed by atoms with van der Waals surface area (Å²) >= 11 is 6.03. The summed E-state index contributed by atoms with van der Waals surface area (Å²) in [6, 6.07) is 7.33. The molecule has 0 fully saturated rings. The zero-order valence-corrected chi connectivity index (χ0v) is 13.0. The Morgan fingerprint density at radius 1 is 1.38 bits per heavy atom. The standard InChI is InChI=1S/C15H18ClN3O2/c1-9(2)17-8-10-6-13(18-19-15(10)20)12-7-11(16)4-5-14(12)21-3/h4-7,9,17H,8H2,1-3H3,(H,19,20). The molecule has 0 saturated carbocycles. The van der Waals surface area contributed by atoms with Crippen LogP contribution in [0.1, 0.15) is 19.4 Å². The minimum atomic E-state index is -0.201. The summed E-state index contributed by atoms with van der Waals surface area (Å²) in [5.41, 5.74) is 1.78. The molecule has 0 bridgehead atoms. The molecule has 0 atom stereocenters. The molecule has 1 aromatic heterocycles. The zero-order chi connectivity index (χ0) is 15.4. The molecule has 0 amide bonds. The van der Waals surface area contributed by atoms with Crippen molar-refractivity contribution < 1.29 is 4.74 Å². The average molecular weight is 308 g/mol. The number of aromatic amines is 1. The van der Waals surface area contributed by atoms with Gasteiger partial charge in [0.2, 0.25) is 0 Å². The van der Waals surface area contributed by atoms with Gasteiger partial charge < -0.3 is 10.1 Å². The molecule has 2 N–H and O–H groups in total. The van der Waals surface area contributed by atoms with Crippen molar-refractivity contribution >= 4 is 11.6 Å². The van der Waals surface area contributed by atoms with E-state index >= 15 is 0 Å². The van der Waals surface area contributed by atoms with Crippen LogP contribution in [-0.4, -0.2) is 23.3 Å². The third-order valence-corrected chi connectivity index (χ3v) is 3.25. The van der Waals surface area contributed by atoms with Crippen LogP contribution in [0.15, 0.2) is 29.1 Å². The van der Waals surface area contributed by atoms with Crippen molar-refractivity contribution in [3.05, 3.63) is 45.2 Å². The van der Waals surface area contributed by atoms with Gasteiger partial charge in [-0.3, -0.25) is 4.79 Å². The summed E-state index contributed by atoms with van der Waals surface area (Å²) in [5.74, 6) is 0.654. The predicted octanol–water partition coefficient (Wildman–Crippen LogP) is 2.60. The van der Waals surface area contributed by atoms with Crippen molar-refractivity contribution in [2.45, 2.75) is 26.4 Å². The highest BCUT2D eigenvalue weighted by atomic mass is 35.5. The molecule has 1 heterocycles. The van der Waals surface area contributed by atoms with E-state index in [2.05, 4.69) is 15.5 Å². The Morgan fingerprint density at radius 3 is 2.81 bits per heavy atom. The molecule has 0 saturated heterocycles. The Morgan fingerprint density at radius 2 is 2.14 bits per heavy atom. The third-order valence-electron chi connectivity index (χ3n) is 3.02. The molecular formula is C15H18ClN3O2. The van der Waals surface area contributed by atoms with Gasteiger partial charge in [-0.25, -0.2) is 5.10 Å². The summed E-state index contributed by atoms with van der Waals surface area (Å²) in [7, 11) is 1.58. The molecule has 0 aliphatic rings. The van der Waals surface area contributed by atoms with Gasteiger partial charge in [-0.2, -0.15) is 5.10 Å². The van der Waals surface area contributed by atoms with E-state index in [-0.39, 0.29) is 5.56 Å². The van der Waals surface area contributed by atoms with E-state index in [1.54, 1.807) is 31.4 Å². The van der Waals surface area contributed by atoms with Crippen LogP contribution in [0.2, 0.25) is 5.02 Å². The summed E-state index contributed by atoms with van der Waals surface area (Å²) in [6.45, 7) is 4.53. The number of nitrogens with zero attached hydrogens (tertiary/aromatic N) is 1. The maximum Gasteiger partial charge on any atom is 0.268 e. The summed E-state index contributed by atoms with van der Waals surface area (Å²) < 4.78 is 5.32. The van der Waals surface area contributed by atoms with E-state index in [9.17, 15) is 4.79 Å². The second kappa shape index (κ2) is 6.74. The van der Waals surface area contributed by atoms with Crippen LogP contribution >= 0.6 is 11.6 Å². The first-order chi connectivity index (χ1) is 10.0. The molecule has 112 valence electrons. The van der Waals surface area contributed by atoms with Crippen molar-refractivity contribution in [2.24, 2.45) is 0 Å². The monoisotopic (exact) mass is 307 g/mol. The zero-order valence-electron chi connectivity index (χ0n) is 12.2. The lowest BCUT2D eigenvalue weighted by Gasteiger charge is -2.10. The molecule has 0 spiro atoms. The number of hydrogen-bond acceptors (Lipinski definition) is 4. The minimum absolute atomic E-state index is 0.201. The first kappa shape index (κ1) is 15.5. The number of H-pyrrole nitrogens is 1. The molecule has 0 aliphatic heterocycles. The van der Waals surface area contributed by atoms with Gasteiger partial charge in [0.1, 0.15) is 5.75 Å². The first-order valence-electron chi connectivity index (χ1n) is 6.67. The smallest absolute Gasteiger partial charge is 0.268 e. The molecule has 2 aromatic rings. The van der Waals surface area contributed by atoms with Crippen molar-refractivity contribution in [3.8, 4) is 17.0 Å². The van der Waals surface area contributed by atoms with Gasteiger partial charge in [-0.05, 0) is 24.3 Å². The minimum Gasteiger partial charge on any atom is -0.496 e. The number of ether oxygens (including phenoxy) is 1. The molecular weight excluding hydrogens is 290 g/mol.